The number of anilines is 1. The molecule has 4 rings (SSSR count). The van der Waals surface area contributed by atoms with Gasteiger partial charge in [-0.15, -0.1) is 5.10 Å². The van der Waals surface area contributed by atoms with E-state index in [2.05, 4.69) is 49.7 Å². The van der Waals surface area contributed by atoms with Crippen LogP contribution < -0.4 is 16.0 Å². The summed E-state index contributed by atoms with van der Waals surface area (Å²) in [5.74, 6) is -2.51. The molecule has 0 aliphatic carbocycles. The molecule has 1 saturated heterocycles. The number of aliphatic hydroxyl groups is 1. The average molecular weight is 1070 g/mol. The summed E-state index contributed by atoms with van der Waals surface area (Å²) in [5, 5.41) is 28.7. The second-order valence-electron chi connectivity index (χ2n) is 21.2. The summed E-state index contributed by atoms with van der Waals surface area (Å²) in [5.41, 5.74) is 3.29. The summed E-state index contributed by atoms with van der Waals surface area (Å²) in [7, 11) is 6.32. The number of carbonyl (C=O) groups excluding carboxylic acids is 5. The third-order valence-electron chi connectivity index (χ3n) is 15.0. The van der Waals surface area contributed by atoms with E-state index in [1.54, 1.807) is 48.5 Å². The predicted octanol–water partition coefficient (Wildman–Crippen LogP) is 5.51. The molecule has 0 unspecified atom stereocenters. The molecule has 1 fully saturated rings. The summed E-state index contributed by atoms with van der Waals surface area (Å²) < 4.78 is 19.5. The third kappa shape index (κ3) is 18.1. The van der Waals surface area contributed by atoms with Gasteiger partial charge in [-0.25, -0.2) is 14.6 Å². The van der Waals surface area contributed by atoms with Gasteiger partial charge < -0.3 is 50.0 Å². The normalized spacial score (nSPS) is 17.1. The predicted molar refractivity (Wildman–Crippen MR) is 297 cm³/mol. The quantitative estimate of drug-likeness (QED) is 0.0551. The van der Waals surface area contributed by atoms with Crippen LogP contribution in [0.25, 0.3) is 6.08 Å². The Morgan fingerprint density at radius 3 is 2.25 bits per heavy atom. The molecule has 20 heteroatoms. The standard InChI is InChI=1S/C57H91N11O9/c1-15-38(8)51(46(75-13)33-47(69)68-29-23-27-45(68)53(76-14)39(9)54(72)59-40(10)52(71)41-24-19-18-20-25-41)66(12)56(74)49(36(4)5)62-55(73)50(37(6)7)65(11)48(70)35-77-31-30-67-34-44(63-64-67)26-21-22-28-58-57-60-42(16-2)32-43(17-3)61-57/h16,18-20,24-25,32,34,36-40,45-46,49-53,71H,2,15,17,21-23,26-31,33,35H2,1,3-14H3,(H,59,72)(H,62,73)(H,58,60,61)/t38-,39+,40+,45-,46+,49-,50-,51-,52+,53+/m0/s1. The molecule has 3 aromatic rings. The topological polar surface area (TPSA) is 236 Å². The second-order valence-corrected chi connectivity index (χ2v) is 21.2. The molecule has 0 radical (unpaired) electrons. The number of carbonyl (C=O) groups is 5. The summed E-state index contributed by atoms with van der Waals surface area (Å²) >= 11 is 0. The Balaban J connectivity index is 1.32. The number of unbranched alkanes of at least 4 members (excludes halogenated alkanes) is 1. The fraction of sp³-hybridized carbons (Fsp3) is 0.667. The van der Waals surface area contributed by atoms with Crippen LogP contribution in [0.15, 0.2) is 49.2 Å². The number of nitrogens with one attached hydrogen (secondary N) is 3. The number of hydrogen-bond acceptors (Lipinski definition) is 14. The van der Waals surface area contributed by atoms with Crippen molar-refractivity contribution in [2.45, 2.75) is 169 Å². The van der Waals surface area contributed by atoms with Crippen LogP contribution in [0.2, 0.25) is 0 Å². The van der Waals surface area contributed by atoms with E-state index in [9.17, 15) is 29.1 Å². The van der Waals surface area contributed by atoms with Crippen molar-refractivity contribution in [3.63, 3.8) is 0 Å². The zero-order valence-corrected chi connectivity index (χ0v) is 48.2. The van der Waals surface area contributed by atoms with Gasteiger partial charge in [0.1, 0.15) is 18.7 Å². The van der Waals surface area contributed by atoms with Gasteiger partial charge in [0, 0.05) is 53.3 Å². The number of rotatable bonds is 33. The average Bonchev–Trinajstić information content (AvgIpc) is 4.10. The Bertz CT molecular complexity index is 2330. The van der Waals surface area contributed by atoms with Gasteiger partial charge >= 0.3 is 0 Å². The van der Waals surface area contributed by atoms with Crippen molar-refractivity contribution in [2.24, 2.45) is 23.7 Å². The maximum atomic E-state index is 14.7. The van der Waals surface area contributed by atoms with Crippen molar-refractivity contribution in [2.75, 3.05) is 59.9 Å². The van der Waals surface area contributed by atoms with Crippen molar-refractivity contribution in [1.29, 1.82) is 0 Å². The highest BCUT2D eigenvalue weighted by molar-refractivity contribution is 5.92. The molecule has 5 amide bonds. The molecule has 10 atom stereocenters. The zero-order valence-electron chi connectivity index (χ0n) is 48.2. The van der Waals surface area contributed by atoms with Crippen LogP contribution in [-0.2, 0) is 57.6 Å². The van der Waals surface area contributed by atoms with Crippen molar-refractivity contribution < 1.29 is 43.3 Å². The van der Waals surface area contributed by atoms with Crippen LogP contribution >= 0.6 is 0 Å². The molecule has 2 aromatic heterocycles. The lowest BCUT2D eigenvalue weighted by molar-refractivity contribution is -0.149. The van der Waals surface area contributed by atoms with Gasteiger partial charge in [0.25, 0.3) is 0 Å². The van der Waals surface area contributed by atoms with Crippen molar-refractivity contribution in [3.8, 4) is 0 Å². The largest absolute Gasteiger partial charge is 0.386 e. The van der Waals surface area contributed by atoms with E-state index < -0.39 is 66.3 Å². The summed E-state index contributed by atoms with van der Waals surface area (Å²) in [6, 6.07) is 7.68. The van der Waals surface area contributed by atoms with Crippen molar-refractivity contribution in [1.82, 2.24) is 50.3 Å². The van der Waals surface area contributed by atoms with Crippen LogP contribution in [0.3, 0.4) is 0 Å². The molecule has 0 saturated carbocycles. The van der Waals surface area contributed by atoms with Gasteiger partial charge in [0.15, 0.2) is 0 Å². The Morgan fingerprint density at radius 2 is 1.62 bits per heavy atom. The maximum absolute atomic E-state index is 14.7. The Hall–Kier alpha value is -5.83. The van der Waals surface area contributed by atoms with Crippen molar-refractivity contribution in [3.05, 3.63) is 71.8 Å². The summed E-state index contributed by atoms with van der Waals surface area (Å²) in [4.78, 5) is 84.2. The van der Waals surface area contributed by atoms with Crippen LogP contribution in [0.4, 0.5) is 5.95 Å². The van der Waals surface area contributed by atoms with Gasteiger partial charge in [-0.3, -0.25) is 24.0 Å². The first-order valence-electron chi connectivity index (χ1n) is 27.6. The SMILES string of the molecule is C=Cc1cc(CC)nc(NCCCCc2cn(CCOCC(=O)N(C)[C@H](C(=O)N[C@H](C(=O)N(C)[C@@H]([C@@H](C)CC)[C@@H](CC(=O)N3CCC[C@H]3[C@H](OC)[C@@H](C)C(=O)N[C@H](C)[C@@H](O)c3ccccc3)OC)C(C)C)C(C)C)nn2)n1. The van der Waals surface area contributed by atoms with E-state index in [-0.39, 0.29) is 55.1 Å². The number of likely N-dealkylation sites (tertiary alicyclic amines) is 1. The molecule has 0 bridgehead atoms. The lowest BCUT2D eigenvalue weighted by Crippen LogP contribution is -2.60. The molecule has 0 spiro atoms. The Kier molecular flexibility index (Phi) is 26.1. The third-order valence-corrected chi connectivity index (χ3v) is 15.0. The number of hydrogen-bond donors (Lipinski definition) is 4. The highest BCUT2D eigenvalue weighted by Crippen LogP contribution is 2.30. The number of likely N-dealkylation sites (N-methyl/N-ethyl adjacent to an activating group) is 2. The van der Waals surface area contributed by atoms with Gasteiger partial charge in [0.05, 0.1) is 73.3 Å². The van der Waals surface area contributed by atoms with Crippen LogP contribution in [0, 0.1) is 23.7 Å². The summed E-state index contributed by atoms with van der Waals surface area (Å²) in [6.07, 6.45) is 6.65. The highest BCUT2D eigenvalue weighted by Gasteiger charge is 2.44. The number of aromatic nitrogens is 5. The van der Waals surface area contributed by atoms with E-state index in [1.165, 1.54) is 19.1 Å². The van der Waals surface area contributed by atoms with Crippen LogP contribution in [0.5, 0.6) is 0 Å². The number of methoxy groups -OCH3 is 2. The smallest absolute Gasteiger partial charge is 0.248 e. The maximum Gasteiger partial charge on any atom is 0.248 e. The first-order valence-corrected chi connectivity index (χ1v) is 27.6. The molecule has 77 heavy (non-hydrogen) atoms. The molecular weight excluding hydrogens is 983 g/mol. The molecule has 20 nitrogen and oxygen atoms in total. The lowest BCUT2D eigenvalue weighted by atomic mass is 9.89. The monoisotopic (exact) mass is 1070 g/mol. The number of aliphatic hydroxyl groups excluding tert-OH is 1. The van der Waals surface area contributed by atoms with E-state index in [0.29, 0.717) is 44.0 Å². The fourth-order valence-corrected chi connectivity index (χ4v) is 10.2. The zero-order chi connectivity index (χ0) is 56.9. The minimum Gasteiger partial charge on any atom is -0.386 e. The van der Waals surface area contributed by atoms with E-state index in [4.69, 9.17) is 14.2 Å². The van der Waals surface area contributed by atoms with E-state index >= 15 is 0 Å². The number of benzene rings is 1. The Morgan fingerprint density at radius 1 is 0.909 bits per heavy atom. The van der Waals surface area contributed by atoms with Gasteiger partial charge in [-0.1, -0.05) is 104 Å². The lowest BCUT2D eigenvalue weighted by Gasteiger charge is -2.41. The Labute approximate surface area is 457 Å². The summed E-state index contributed by atoms with van der Waals surface area (Å²) in [6.45, 7) is 22.3. The van der Waals surface area contributed by atoms with Gasteiger partial charge in [-0.2, -0.15) is 0 Å². The molecule has 1 aliphatic rings. The molecular formula is C57H91N11O9. The van der Waals surface area contributed by atoms with Gasteiger partial charge in [-0.05, 0) is 80.9 Å². The van der Waals surface area contributed by atoms with Crippen molar-refractivity contribution >= 4 is 41.6 Å². The minimum atomic E-state index is -0.962. The second kappa shape index (κ2) is 31.5. The minimum absolute atomic E-state index is 0.0393. The number of nitrogens with zero attached hydrogens (tertiary/aromatic N) is 8. The first-order chi connectivity index (χ1) is 36.7. The van der Waals surface area contributed by atoms with Gasteiger partial charge in [0.2, 0.25) is 35.5 Å². The molecule has 1 aliphatic heterocycles. The number of amides is 5. The molecule has 3 heterocycles. The highest BCUT2D eigenvalue weighted by atomic mass is 16.5. The number of aryl methyl sites for hydroxylation is 2. The van der Waals surface area contributed by atoms with E-state index in [0.717, 1.165) is 49.2 Å². The molecule has 1 aromatic carbocycles. The fourth-order valence-electron chi connectivity index (χ4n) is 10.2. The van der Waals surface area contributed by atoms with E-state index in [1.807, 2.05) is 84.1 Å². The van der Waals surface area contributed by atoms with Crippen LogP contribution in [-0.4, -0.2) is 171 Å². The molecule has 4 N–H and O–H groups in total. The number of ether oxygens (including phenoxy) is 3. The van der Waals surface area contributed by atoms with Crippen LogP contribution in [0.1, 0.15) is 130 Å². The first kappa shape index (κ1) is 63.7. The molecule has 428 valence electrons.